The predicted molar refractivity (Wildman–Crippen MR) is 39.2 cm³/mol. The molecule has 0 spiro atoms. The summed E-state index contributed by atoms with van der Waals surface area (Å²) in [4.78, 5) is 0. The van der Waals surface area contributed by atoms with E-state index in [4.69, 9.17) is 10.2 Å². The lowest BCUT2D eigenvalue weighted by Gasteiger charge is -2.04. The standard InChI is InChI=1S/C8H9FO2/c1-4-3-6(10)8(11)7(9)5(4)2/h3,10-11H,1-2H3. The zero-order valence-corrected chi connectivity index (χ0v) is 6.35. The van der Waals surface area contributed by atoms with Gasteiger partial charge in [0.25, 0.3) is 0 Å². The summed E-state index contributed by atoms with van der Waals surface area (Å²) in [7, 11) is 0. The molecule has 0 saturated carbocycles. The Bertz CT molecular complexity index is 268. The number of halogens is 1. The largest absolute Gasteiger partial charge is 0.504 e. The summed E-state index contributed by atoms with van der Waals surface area (Å²) < 4.78 is 12.8. The van der Waals surface area contributed by atoms with Gasteiger partial charge in [-0.05, 0) is 31.0 Å². The molecule has 0 saturated heterocycles. The smallest absolute Gasteiger partial charge is 0.194 e. The average Bonchev–Trinajstić information content (AvgIpc) is 1.97. The fourth-order valence-corrected chi connectivity index (χ4v) is 0.845. The quantitative estimate of drug-likeness (QED) is 0.563. The lowest BCUT2D eigenvalue weighted by molar-refractivity contribution is 0.377. The molecule has 2 nitrogen and oxygen atoms in total. The summed E-state index contributed by atoms with van der Waals surface area (Å²) in [6.07, 6.45) is 0. The van der Waals surface area contributed by atoms with Crippen LogP contribution < -0.4 is 0 Å². The van der Waals surface area contributed by atoms with Crippen LogP contribution in [-0.4, -0.2) is 10.2 Å². The van der Waals surface area contributed by atoms with Gasteiger partial charge in [-0.25, -0.2) is 4.39 Å². The number of benzene rings is 1. The number of rotatable bonds is 0. The van der Waals surface area contributed by atoms with Crippen molar-refractivity contribution in [3.8, 4) is 11.5 Å². The first kappa shape index (κ1) is 7.85. The summed E-state index contributed by atoms with van der Waals surface area (Å²) >= 11 is 0. The van der Waals surface area contributed by atoms with E-state index in [9.17, 15) is 4.39 Å². The number of phenols is 2. The maximum absolute atomic E-state index is 12.8. The van der Waals surface area contributed by atoms with Crippen molar-refractivity contribution in [3.63, 3.8) is 0 Å². The number of phenolic OH excluding ortho intramolecular Hbond substituents is 2. The molecule has 0 heterocycles. The average molecular weight is 156 g/mol. The van der Waals surface area contributed by atoms with Gasteiger partial charge in [0.05, 0.1) is 0 Å². The van der Waals surface area contributed by atoms with E-state index in [1.165, 1.54) is 6.07 Å². The number of aromatic hydroxyl groups is 2. The number of aryl methyl sites for hydroxylation is 1. The van der Waals surface area contributed by atoms with Crippen molar-refractivity contribution >= 4 is 0 Å². The van der Waals surface area contributed by atoms with Crippen LogP contribution in [0.2, 0.25) is 0 Å². The SMILES string of the molecule is Cc1cc(O)c(O)c(F)c1C. The molecule has 0 bridgehead atoms. The van der Waals surface area contributed by atoms with Crippen molar-refractivity contribution in [1.82, 2.24) is 0 Å². The molecule has 11 heavy (non-hydrogen) atoms. The highest BCUT2D eigenvalue weighted by atomic mass is 19.1. The topological polar surface area (TPSA) is 40.5 Å². The first-order chi connectivity index (χ1) is 5.04. The van der Waals surface area contributed by atoms with E-state index in [0.29, 0.717) is 11.1 Å². The fraction of sp³-hybridized carbons (Fsp3) is 0.250. The molecular weight excluding hydrogens is 147 g/mol. The normalized spacial score (nSPS) is 10.1. The van der Waals surface area contributed by atoms with Crippen LogP contribution in [0.15, 0.2) is 6.07 Å². The summed E-state index contributed by atoms with van der Waals surface area (Å²) in [6.45, 7) is 3.21. The summed E-state index contributed by atoms with van der Waals surface area (Å²) in [6, 6.07) is 1.33. The minimum atomic E-state index is -0.748. The molecule has 2 N–H and O–H groups in total. The van der Waals surface area contributed by atoms with E-state index in [2.05, 4.69) is 0 Å². The molecule has 0 unspecified atom stereocenters. The van der Waals surface area contributed by atoms with Gasteiger partial charge in [-0.1, -0.05) is 0 Å². The highest BCUT2D eigenvalue weighted by Gasteiger charge is 2.10. The molecule has 3 heteroatoms. The maximum atomic E-state index is 12.8. The van der Waals surface area contributed by atoms with E-state index < -0.39 is 17.3 Å². The molecule has 0 radical (unpaired) electrons. The Kier molecular flexibility index (Phi) is 1.72. The van der Waals surface area contributed by atoms with Crippen LogP contribution in [0.25, 0.3) is 0 Å². The van der Waals surface area contributed by atoms with E-state index in [-0.39, 0.29) is 0 Å². The Labute approximate surface area is 63.9 Å². The van der Waals surface area contributed by atoms with Gasteiger partial charge < -0.3 is 10.2 Å². The minimum Gasteiger partial charge on any atom is -0.504 e. The van der Waals surface area contributed by atoms with E-state index in [1.807, 2.05) is 0 Å². The predicted octanol–water partition coefficient (Wildman–Crippen LogP) is 1.85. The minimum absolute atomic E-state index is 0.361. The summed E-state index contributed by atoms with van der Waals surface area (Å²) in [5, 5.41) is 17.8. The van der Waals surface area contributed by atoms with Crippen LogP contribution in [0, 0.1) is 19.7 Å². The number of hydrogen-bond acceptors (Lipinski definition) is 2. The molecule has 0 amide bonds. The Balaban J connectivity index is 3.46. The Morgan fingerprint density at radius 3 is 2.36 bits per heavy atom. The van der Waals surface area contributed by atoms with Crippen molar-refractivity contribution in [2.45, 2.75) is 13.8 Å². The van der Waals surface area contributed by atoms with Gasteiger partial charge in [-0.3, -0.25) is 0 Å². The summed E-state index contributed by atoms with van der Waals surface area (Å²) in [5.41, 5.74) is 0.984. The van der Waals surface area contributed by atoms with E-state index in [0.717, 1.165) is 0 Å². The summed E-state index contributed by atoms with van der Waals surface area (Å²) in [5.74, 6) is -1.83. The second-order valence-electron chi connectivity index (χ2n) is 2.50. The maximum Gasteiger partial charge on any atom is 0.194 e. The molecule has 0 aromatic heterocycles. The van der Waals surface area contributed by atoms with Crippen molar-refractivity contribution in [1.29, 1.82) is 0 Å². The third kappa shape index (κ3) is 1.13. The van der Waals surface area contributed by atoms with Crippen LogP contribution >= 0.6 is 0 Å². The molecule has 1 aromatic rings. The van der Waals surface area contributed by atoms with Crippen molar-refractivity contribution in [2.75, 3.05) is 0 Å². The van der Waals surface area contributed by atoms with Crippen LogP contribution in [0.4, 0.5) is 4.39 Å². The molecule has 0 atom stereocenters. The first-order valence-corrected chi connectivity index (χ1v) is 3.21. The molecule has 0 aliphatic heterocycles. The van der Waals surface area contributed by atoms with Crippen LogP contribution in [0.3, 0.4) is 0 Å². The Hall–Kier alpha value is -1.25. The third-order valence-corrected chi connectivity index (χ3v) is 1.72. The van der Waals surface area contributed by atoms with E-state index >= 15 is 0 Å². The van der Waals surface area contributed by atoms with Crippen molar-refractivity contribution in [2.24, 2.45) is 0 Å². The van der Waals surface area contributed by atoms with E-state index in [1.54, 1.807) is 13.8 Å². The second kappa shape index (κ2) is 2.42. The van der Waals surface area contributed by atoms with Gasteiger partial charge in [0, 0.05) is 0 Å². The van der Waals surface area contributed by atoms with Crippen LogP contribution in [-0.2, 0) is 0 Å². The monoisotopic (exact) mass is 156 g/mol. The van der Waals surface area contributed by atoms with Gasteiger partial charge >= 0.3 is 0 Å². The molecule has 1 rings (SSSR count). The van der Waals surface area contributed by atoms with Crippen molar-refractivity contribution < 1.29 is 14.6 Å². The molecule has 60 valence electrons. The Morgan fingerprint density at radius 2 is 1.82 bits per heavy atom. The Morgan fingerprint density at radius 1 is 1.27 bits per heavy atom. The highest BCUT2D eigenvalue weighted by molar-refractivity contribution is 5.45. The third-order valence-electron chi connectivity index (χ3n) is 1.72. The zero-order chi connectivity index (χ0) is 8.59. The lowest BCUT2D eigenvalue weighted by Crippen LogP contribution is -1.87. The molecule has 0 fully saturated rings. The molecule has 1 aromatic carbocycles. The van der Waals surface area contributed by atoms with Crippen LogP contribution in [0.1, 0.15) is 11.1 Å². The van der Waals surface area contributed by atoms with Gasteiger partial charge in [-0.2, -0.15) is 0 Å². The highest BCUT2D eigenvalue weighted by Crippen LogP contribution is 2.31. The van der Waals surface area contributed by atoms with Gasteiger partial charge in [-0.15, -0.1) is 0 Å². The molecule has 0 aliphatic rings. The molecular formula is C8H9FO2. The molecule has 0 aliphatic carbocycles. The van der Waals surface area contributed by atoms with Gasteiger partial charge in [0.1, 0.15) is 0 Å². The lowest BCUT2D eigenvalue weighted by atomic mass is 10.1. The zero-order valence-electron chi connectivity index (χ0n) is 6.35. The van der Waals surface area contributed by atoms with Crippen LogP contribution in [0.5, 0.6) is 11.5 Å². The number of hydrogen-bond donors (Lipinski definition) is 2. The van der Waals surface area contributed by atoms with Gasteiger partial charge in [0.2, 0.25) is 0 Å². The fourth-order valence-electron chi connectivity index (χ4n) is 0.845. The second-order valence-corrected chi connectivity index (χ2v) is 2.50. The first-order valence-electron chi connectivity index (χ1n) is 3.21. The van der Waals surface area contributed by atoms with Crippen molar-refractivity contribution in [3.05, 3.63) is 23.0 Å². The van der Waals surface area contributed by atoms with Gasteiger partial charge in [0.15, 0.2) is 17.3 Å².